The molecule has 0 aliphatic heterocycles. The van der Waals surface area contributed by atoms with Crippen molar-refractivity contribution in [1.29, 1.82) is 0 Å². The molecule has 0 aromatic rings. The Hall–Kier alpha value is 0.140. The number of unbranched alkanes of at least 4 members (excludes halogenated alkanes) is 9. The number of carbonyl (C=O) groups is 2. The van der Waals surface area contributed by atoms with E-state index in [1.165, 1.54) is 70.6 Å². The van der Waals surface area contributed by atoms with Gasteiger partial charge in [-0.05, 0) is 90.8 Å². The van der Waals surface area contributed by atoms with Gasteiger partial charge in [-0.3, -0.25) is 9.59 Å². The van der Waals surface area contributed by atoms with Crippen LogP contribution in [0.15, 0.2) is 0 Å². The molecule has 6 unspecified atom stereocenters. The summed E-state index contributed by atoms with van der Waals surface area (Å²) in [6.07, 6.45) is 20.2. The maximum Gasteiger partial charge on any atom is 1.00 e. The second-order valence-electron chi connectivity index (χ2n) is 15.7. The van der Waals surface area contributed by atoms with E-state index in [-0.39, 0.29) is 68.8 Å². The monoisotopic (exact) mass is 566 g/mol. The van der Waals surface area contributed by atoms with Gasteiger partial charge in [0, 0.05) is 0 Å². The second kappa shape index (κ2) is 13.8. The molecule has 0 saturated heterocycles. The van der Waals surface area contributed by atoms with Crippen LogP contribution < -0.4 is 29.6 Å². The average molecular weight is 567 g/mol. The third kappa shape index (κ3) is 5.81. The van der Waals surface area contributed by atoms with Gasteiger partial charge < -0.3 is 12.0 Å². The minimum absolute atomic E-state index is 0. The van der Waals surface area contributed by atoms with Gasteiger partial charge in [-0.25, -0.2) is 0 Å². The Morgan fingerprint density at radius 2 is 1.12 bits per heavy atom. The number of carboxylic acids is 1. The Labute approximate surface area is 270 Å². The molecule has 4 aliphatic rings. The third-order valence-electron chi connectivity index (χ3n) is 14.0. The molecule has 6 atom stereocenters. The van der Waals surface area contributed by atoms with E-state index in [1.54, 1.807) is 6.92 Å². The van der Waals surface area contributed by atoms with Crippen molar-refractivity contribution in [2.24, 2.45) is 50.7 Å². The van der Waals surface area contributed by atoms with Crippen LogP contribution in [0.3, 0.4) is 0 Å². The molecular weight excluding hydrogens is 503 g/mol. The topological polar surface area (TPSA) is 54.4 Å². The molecule has 40 heavy (non-hydrogen) atoms. The predicted octanol–water partition coefficient (Wildman–Crippen LogP) is 7.32. The Morgan fingerprint density at radius 1 is 0.750 bits per heavy atom. The molecule has 0 heterocycles. The molecule has 4 heteroatoms. The normalized spacial score (nSPS) is 35.9. The molecule has 4 fully saturated rings. The summed E-state index contributed by atoms with van der Waals surface area (Å²) < 4.78 is 0. The summed E-state index contributed by atoms with van der Waals surface area (Å²) in [7, 11) is 0. The number of carboxylic acid groups (broad SMARTS) is 1. The van der Waals surface area contributed by atoms with E-state index in [1.807, 2.05) is 0 Å². The van der Waals surface area contributed by atoms with Crippen LogP contribution in [0.1, 0.15) is 158 Å². The smallest absolute Gasteiger partial charge is 0.480 e. The van der Waals surface area contributed by atoms with Gasteiger partial charge in [-0.2, -0.15) is 6.42 Å². The number of fused-ring (bicyclic) bond motifs is 4. The van der Waals surface area contributed by atoms with Crippen molar-refractivity contribution >= 4 is 11.8 Å². The largest absolute Gasteiger partial charge is 1.00 e. The summed E-state index contributed by atoms with van der Waals surface area (Å²) in [4.78, 5) is 26.4. The number of hydrogen-bond donors (Lipinski definition) is 1. The van der Waals surface area contributed by atoms with E-state index in [0.717, 1.165) is 32.1 Å². The first-order chi connectivity index (χ1) is 18.2. The number of rotatable bonds is 13. The number of aliphatic carboxylic acids is 1. The van der Waals surface area contributed by atoms with Gasteiger partial charge in [0.2, 0.25) is 0 Å². The summed E-state index contributed by atoms with van der Waals surface area (Å²) in [6.45, 7) is 21.6. The number of hydrogen-bond acceptors (Lipinski definition) is 2. The Balaban J connectivity index is 0.000000369. The van der Waals surface area contributed by atoms with Gasteiger partial charge in [0.1, 0.15) is 11.2 Å². The molecular formula is C36H63NaO3. The molecule has 0 aromatic carbocycles. The molecule has 4 bridgehead atoms. The molecule has 4 rings (SSSR count). The Morgan fingerprint density at radius 3 is 1.38 bits per heavy atom. The van der Waals surface area contributed by atoms with Crippen LogP contribution in [0.5, 0.6) is 0 Å². The van der Waals surface area contributed by atoms with Crippen LogP contribution in [0.2, 0.25) is 0 Å². The molecule has 3 nitrogen and oxygen atoms in total. The van der Waals surface area contributed by atoms with Crippen molar-refractivity contribution in [3.63, 3.8) is 0 Å². The van der Waals surface area contributed by atoms with Crippen LogP contribution in [0.4, 0.5) is 0 Å². The molecule has 0 radical (unpaired) electrons. The zero-order valence-corrected chi connectivity index (χ0v) is 30.1. The minimum atomic E-state index is -1.22. The van der Waals surface area contributed by atoms with Gasteiger partial charge in [0.25, 0.3) is 0 Å². The van der Waals surface area contributed by atoms with E-state index in [4.69, 9.17) is 0 Å². The zero-order valence-electron chi connectivity index (χ0n) is 28.1. The second-order valence-corrected chi connectivity index (χ2v) is 15.7. The van der Waals surface area contributed by atoms with Crippen molar-refractivity contribution < 1.29 is 44.3 Å². The number of ketones is 1. The van der Waals surface area contributed by atoms with E-state index in [0.29, 0.717) is 11.8 Å². The molecule has 4 saturated carbocycles. The van der Waals surface area contributed by atoms with Crippen LogP contribution >= 0.6 is 0 Å². The fourth-order valence-corrected chi connectivity index (χ4v) is 10.5. The predicted molar refractivity (Wildman–Crippen MR) is 163 cm³/mol. The summed E-state index contributed by atoms with van der Waals surface area (Å²) in [5, 5.41) is 10.7. The molecule has 226 valence electrons. The summed E-state index contributed by atoms with van der Waals surface area (Å²) >= 11 is 0. The van der Waals surface area contributed by atoms with E-state index in [2.05, 4.69) is 55.4 Å². The average Bonchev–Trinajstić information content (AvgIpc) is 3.39. The zero-order chi connectivity index (χ0) is 29.3. The SMILES string of the molecule is CC(=O)C(C(=O)O)(C1CC2CCC1(C)C2(C)C)C1CC2CCC1(C)C2(C)C.[CH2-]CCCCCCCCCCC.[Na+]. The fraction of sp³-hybridized carbons (Fsp3) is 0.917. The fourth-order valence-electron chi connectivity index (χ4n) is 10.5. The third-order valence-corrected chi connectivity index (χ3v) is 14.0. The maximum absolute atomic E-state index is 13.4. The first-order valence-electron chi connectivity index (χ1n) is 16.7. The number of Topliss-reactive ketones (excluding diaryl/α,β-unsaturated/α-hetero) is 1. The molecule has 0 spiro atoms. The van der Waals surface area contributed by atoms with Crippen molar-refractivity contribution in [3.05, 3.63) is 6.92 Å². The van der Waals surface area contributed by atoms with Crippen molar-refractivity contribution in [2.45, 2.75) is 158 Å². The summed E-state index contributed by atoms with van der Waals surface area (Å²) in [5.74, 6) is 0.102. The molecule has 1 N–H and O–H groups in total. The van der Waals surface area contributed by atoms with Gasteiger partial charge >= 0.3 is 35.5 Å². The van der Waals surface area contributed by atoms with E-state index >= 15 is 0 Å². The van der Waals surface area contributed by atoms with Crippen LogP contribution in [-0.2, 0) is 9.59 Å². The van der Waals surface area contributed by atoms with Crippen molar-refractivity contribution in [1.82, 2.24) is 0 Å². The van der Waals surface area contributed by atoms with E-state index in [9.17, 15) is 14.7 Å². The van der Waals surface area contributed by atoms with Crippen molar-refractivity contribution in [2.75, 3.05) is 0 Å². The molecule has 0 amide bonds. The number of carbonyl (C=O) groups excluding carboxylic acids is 1. The van der Waals surface area contributed by atoms with E-state index < -0.39 is 11.4 Å². The maximum atomic E-state index is 13.4. The van der Waals surface area contributed by atoms with Crippen LogP contribution in [-0.4, -0.2) is 16.9 Å². The van der Waals surface area contributed by atoms with Gasteiger partial charge in [-0.15, -0.1) is 0 Å². The molecule has 0 aromatic heterocycles. The van der Waals surface area contributed by atoms with Crippen LogP contribution in [0, 0.1) is 57.7 Å². The van der Waals surface area contributed by atoms with Gasteiger partial charge in [-0.1, -0.05) is 106 Å². The minimum Gasteiger partial charge on any atom is -0.480 e. The quantitative estimate of drug-likeness (QED) is 0.110. The Bertz CT molecular complexity index is 792. The van der Waals surface area contributed by atoms with Crippen LogP contribution in [0.25, 0.3) is 0 Å². The summed E-state index contributed by atoms with van der Waals surface area (Å²) in [6, 6.07) is 0. The van der Waals surface area contributed by atoms with Gasteiger partial charge in [0.05, 0.1) is 0 Å². The van der Waals surface area contributed by atoms with Gasteiger partial charge in [0.15, 0.2) is 0 Å². The first kappa shape index (κ1) is 36.3. The molecule has 4 aliphatic carbocycles. The van der Waals surface area contributed by atoms with Crippen molar-refractivity contribution in [3.8, 4) is 0 Å². The summed E-state index contributed by atoms with van der Waals surface area (Å²) in [5.41, 5.74) is -1.12. The Kier molecular flexibility index (Phi) is 12.6. The first-order valence-corrected chi connectivity index (χ1v) is 16.7. The standard InChI is InChI=1S/C24H38O3.C12H25.Na/c1-14(25)24(19(26)27,17-12-15-8-10-22(17,6)20(15,2)3)18-13-16-9-11-23(18,7)21(16,4)5;1-3-5-7-9-11-12-10-8-6-4-2;/h15-18H,8-13H2,1-7H3,(H,26,27);1,3-12H2,2H3;/q;-1;+1.